The molecule has 0 unspecified atom stereocenters. The molecule has 114 valence electrons. The number of hydrogen-bond acceptors (Lipinski definition) is 3. The summed E-state index contributed by atoms with van der Waals surface area (Å²) < 4.78 is 2.35. The van der Waals surface area contributed by atoms with Crippen LogP contribution in [0.1, 0.15) is 18.1 Å². The molecular weight excluding hydrogens is 260 g/mol. The second-order valence-corrected chi connectivity index (χ2v) is 6.08. The molecule has 4 heteroatoms. The topological polar surface area (TPSA) is 37.4 Å². The van der Waals surface area contributed by atoms with Gasteiger partial charge in [0.15, 0.2) is 0 Å². The third kappa shape index (κ3) is 2.98. The number of nitrogens with two attached hydrogens (primary N) is 1. The molecule has 0 saturated carbocycles. The average Bonchev–Trinajstić information content (AvgIpc) is 2.86. The lowest BCUT2D eigenvalue weighted by Gasteiger charge is -2.32. The summed E-state index contributed by atoms with van der Waals surface area (Å²) in [5.41, 5.74) is 9.76. The van der Waals surface area contributed by atoms with Gasteiger partial charge in [0.05, 0.1) is 0 Å². The fourth-order valence-corrected chi connectivity index (χ4v) is 3.18. The molecule has 4 nitrogen and oxygen atoms in total. The summed E-state index contributed by atoms with van der Waals surface area (Å²) in [6.07, 6.45) is 2.32. The summed E-state index contributed by atoms with van der Waals surface area (Å²) >= 11 is 0. The molecule has 0 spiro atoms. The van der Waals surface area contributed by atoms with Gasteiger partial charge >= 0.3 is 0 Å². The van der Waals surface area contributed by atoms with Gasteiger partial charge in [0.25, 0.3) is 0 Å². The minimum atomic E-state index is 0.610. The molecule has 0 aliphatic carbocycles. The second-order valence-electron chi connectivity index (χ2n) is 6.08. The Morgan fingerprint density at radius 1 is 1.14 bits per heavy atom. The quantitative estimate of drug-likeness (QED) is 0.932. The number of hydrogen-bond donors (Lipinski definition) is 1. The Bertz CT molecular complexity index is 609. The van der Waals surface area contributed by atoms with E-state index >= 15 is 0 Å². The molecule has 0 radical (unpaired) electrons. The zero-order chi connectivity index (χ0) is 14.8. The largest absolute Gasteiger partial charge is 0.347 e. The number of aryl methyl sites for hydroxylation is 1. The van der Waals surface area contributed by atoms with Crippen molar-refractivity contribution in [1.82, 2.24) is 14.4 Å². The minimum Gasteiger partial charge on any atom is -0.347 e. The van der Waals surface area contributed by atoms with Crippen molar-refractivity contribution in [2.75, 3.05) is 33.2 Å². The molecule has 2 aromatic rings. The first-order valence-electron chi connectivity index (χ1n) is 7.93. The van der Waals surface area contributed by atoms with Gasteiger partial charge < -0.3 is 15.2 Å². The van der Waals surface area contributed by atoms with E-state index < -0.39 is 0 Å². The van der Waals surface area contributed by atoms with Gasteiger partial charge in [-0.1, -0.05) is 12.1 Å². The van der Waals surface area contributed by atoms with Crippen molar-refractivity contribution in [3.8, 4) is 0 Å². The maximum Gasteiger partial charge on any atom is 0.0486 e. The standard InChI is InChI=1S/C17H26N4/c1-3-21-13-15(12-20-8-6-19(2)7-9-20)16-5-4-14(11-18)10-17(16)21/h4-5,10,13H,3,6-9,11-12,18H2,1-2H3. The molecule has 1 saturated heterocycles. The monoisotopic (exact) mass is 286 g/mol. The number of rotatable bonds is 4. The highest BCUT2D eigenvalue weighted by atomic mass is 15.2. The SMILES string of the molecule is CCn1cc(CN2CCN(C)CC2)c2ccc(CN)cc21. The van der Waals surface area contributed by atoms with E-state index in [2.05, 4.69) is 52.7 Å². The number of likely N-dealkylation sites (N-methyl/N-ethyl adjacent to an activating group) is 1. The van der Waals surface area contributed by atoms with E-state index in [9.17, 15) is 0 Å². The predicted octanol–water partition coefficient (Wildman–Crippen LogP) is 1.87. The van der Waals surface area contributed by atoms with Crippen LogP contribution < -0.4 is 5.73 Å². The number of benzene rings is 1. The van der Waals surface area contributed by atoms with Gasteiger partial charge in [0.1, 0.15) is 0 Å². The van der Waals surface area contributed by atoms with Crippen molar-refractivity contribution in [3.63, 3.8) is 0 Å². The van der Waals surface area contributed by atoms with Crippen molar-refractivity contribution in [2.24, 2.45) is 5.73 Å². The Balaban J connectivity index is 1.88. The van der Waals surface area contributed by atoms with Crippen molar-refractivity contribution in [2.45, 2.75) is 26.6 Å². The van der Waals surface area contributed by atoms with E-state index in [0.29, 0.717) is 6.54 Å². The number of fused-ring (bicyclic) bond motifs is 1. The Kier molecular flexibility index (Phi) is 4.29. The van der Waals surface area contributed by atoms with Crippen molar-refractivity contribution >= 4 is 10.9 Å². The normalized spacial score (nSPS) is 17.7. The fraction of sp³-hybridized carbons (Fsp3) is 0.529. The van der Waals surface area contributed by atoms with Gasteiger partial charge in [0, 0.05) is 62.9 Å². The molecule has 0 atom stereocenters. The van der Waals surface area contributed by atoms with Crippen LogP contribution in [0.15, 0.2) is 24.4 Å². The van der Waals surface area contributed by atoms with Crippen LogP contribution in [0.4, 0.5) is 0 Å². The van der Waals surface area contributed by atoms with Gasteiger partial charge in [-0.15, -0.1) is 0 Å². The molecule has 1 aliphatic heterocycles. The Morgan fingerprint density at radius 2 is 1.90 bits per heavy atom. The molecule has 1 aliphatic rings. The van der Waals surface area contributed by atoms with Crippen molar-refractivity contribution in [1.29, 1.82) is 0 Å². The highest BCUT2D eigenvalue weighted by Crippen LogP contribution is 2.24. The third-order valence-corrected chi connectivity index (χ3v) is 4.60. The molecule has 0 amide bonds. The highest BCUT2D eigenvalue weighted by Gasteiger charge is 2.16. The van der Waals surface area contributed by atoms with Gasteiger partial charge in [-0.25, -0.2) is 0 Å². The average molecular weight is 286 g/mol. The van der Waals surface area contributed by atoms with Crippen LogP contribution in [0, 0.1) is 0 Å². The van der Waals surface area contributed by atoms with E-state index in [-0.39, 0.29) is 0 Å². The minimum absolute atomic E-state index is 0.610. The van der Waals surface area contributed by atoms with Gasteiger partial charge in [-0.2, -0.15) is 0 Å². The van der Waals surface area contributed by atoms with E-state index in [4.69, 9.17) is 5.73 Å². The molecule has 2 N–H and O–H groups in total. The fourth-order valence-electron chi connectivity index (χ4n) is 3.18. The van der Waals surface area contributed by atoms with Gasteiger partial charge in [-0.3, -0.25) is 4.90 Å². The summed E-state index contributed by atoms with van der Waals surface area (Å²) in [5.74, 6) is 0. The van der Waals surface area contributed by atoms with Crippen LogP contribution in [-0.2, 0) is 19.6 Å². The number of piperazine rings is 1. The first-order chi connectivity index (χ1) is 10.2. The predicted molar refractivity (Wildman–Crippen MR) is 88.3 cm³/mol. The summed E-state index contributed by atoms with van der Waals surface area (Å²) in [6.45, 7) is 9.54. The zero-order valence-electron chi connectivity index (χ0n) is 13.2. The van der Waals surface area contributed by atoms with E-state index in [1.807, 2.05) is 0 Å². The molecule has 1 fully saturated rings. The summed E-state index contributed by atoms with van der Waals surface area (Å²) in [4.78, 5) is 4.96. The molecule has 21 heavy (non-hydrogen) atoms. The van der Waals surface area contributed by atoms with Crippen LogP contribution in [0.25, 0.3) is 10.9 Å². The number of aromatic nitrogens is 1. The van der Waals surface area contributed by atoms with Crippen LogP contribution in [0.3, 0.4) is 0 Å². The lowest BCUT2D eigenvalue weighted by atomic mass is 10.1. The molecule has 3 rings (SSSR count). The highest BCUT2D eigenvalue weighted by molar-refractivity contribution is 5.84. The molecule has 1 aromatic carbocycles. The van der Waals surface area contributed by atoms with E-state index in [1.165, 1.54) is 35.1 Å². The maximum atomic E-state index is 5.78. The van der Waals surface area contributed by atoms with Crippen LogP contribution in [-0.4, -0.2) is 47.6 Å². The molecule has 0 bridgehead atoms. The van der Waals surface area contributed by atoms with Gasteiger partial charge in [-0.05, 0) is 31.2 Å². The Labute approximate surface area is 127 Å². The third-order valence-electron chi connectivity index (χ3n) is 4.60. The summed E-state index contributed by atoms with van der Waals surface area (Å²) in [6, 6.07) is 6.65. The first kappa shape index (κ1) is 14.6. The van der Waals surface area contributed by atoms with Crippen molar-refractivity contribution in [3.05, 3.63) is 35.5 Å². The second kappa shape index (κ2) is 6.18. The molecular formula is C17H26N4. The lowest BCUT2D eigenvalue weighted by molar-refractivity contribution is 0.148. The zero-order valence-corrected chi connectivity index (χ0v) is 13.2. The lowest BCUT2D eigenvalue weighted by Crippen LogP contribution is -2.43. The van der Waals surface area contributed by atoms with Crippen LogP contribution >= 0.6 is 0 Å². The molecule has 2 heterocycles. The first-order valence-corrected chi connectivity index (χ1v) is 7.93. The van der Waals surface area contributed by atoms with Crippen LogP contribution in [0.2, 0.25) is 0 Å². The van der Waals surface area contributed by atoms with E-state index in [0.717, 1.165) is 26.2 Å². The summed E-state index contributed by atoms with van der Waals surface area (Å²) in [5, 5.41) is 1.38. The molecule has 1 aromatic heterocycles. The maximum absolute atomic E-state index is 5.78. The Hall–Kier alpha value is -1.36. The van der Waals surface area contributed by atoms with Crippen LogP contribution in [0.5, 0.6) is 0 Å². The summed E-state index contributed by atoms with van der Waals surface area (Å²) in [7, 11) is 2.20. The van der Waals surface area contributed by atoms with E-state index in [1.54, 1.807) is 0 Å². The van der Waals surface area contributed by atoms with Gasteiger partial charge in [0.2, 0.25) is 0 Å². The Morgan fingerprint density at radius 3 is 2.57 bits per heavy atom. The number of nitrogens with zero attached hydrogens (tertiary/aromatic N) is 3. The van der Waals surface area contributed by atoms with Crippen molar-refractivity contribution < 1.29 is 0 Å². The smallest absolute Gasteiger partial charge is 0.0486 e.